The molecule has 0 saturated carbocycles. The lowest BCUT2D eigenvalue weighted by Crippen LogP contribution is -1.98. The van der Waals surface area contributed by atoms with Crippen molar-refractivity contribution in [3.8, 4) is 0 Å². The summed E-state index contributed by atoms with van der Waals surface area (Å²) in [5.74, 6) is -0.925. The highest BCUT2D eigenvalue weighted by Gasteiger charge is 2.04. The van der Waals surface area contributed by atoms with Crippen LogP contribution in [0.4, 0.5) is 5.69 Å². The van der Waals surface area contributed by atoms with Gasteiger partial charge >= 0.3 is 5.97 Å². The Morgan fingerprint density at radius 1 is 1.47 bits per heavy atom. The van der Waals surface area contributed by atoms with Crippen LogP contribution in [0.5, 0.6) is 0 Å². The van der Waals surface area contributed by atoms with Gasteiger partial charge in [-0.2, -0.15) is 0 Å². The maximum absolute atomic E-state index is 10.6. The fraction of sp³-hybridized carbons (Fsp3) is 0.250. The van der Waals surface area contributed by atoms with Crippen molar-refractivity contribution in [3.05, 3.63) is 35.9 Å². The third kappa shape index (κ3) is 3.46. The van der Waals surface area contributed by atoms with Gasteiger partial charge in [0.1, 0.15) is 0 Å². The minimum Gasteiger partial charge on any atom is -0.478 e. The maximum atomic E-state index is 10.6. The largest absolute Gasteiger partial charge is 0.478 e. The first-order valence-electron chi connectivity index (χ1n) is 4.86. The number of hydrogen-bond donors (Lipinski definition) is 2. The lowest BCUT2D eigenvalue weighted by atomic mass is 10.1. The number of carboxylic acid groups (broad SMARTS) is 1. The molecule has 0 fully saturated rings. The molecule has 3 heteroatoms. The second-order valence-electron chi connectivity index (χ2n) is 2.56. The lowest BCUT2D eigenvalue weighted by molar-refractivity contribution is 0.0697. The van der Waals surface area contributed by atoms with Gasteiger partial charge in [-0.05, 0) is 23.8 Å². The summed E-state index contributed by atoms with van der Waals surface area (Å²) >= 11 is 0. The van der Waals surface area contributed by atoms with Crippen molar-refractivity contribution in [3.63, 3.8) is 0 Å². The molecule has 0 heterocycles. The zero-order valence-electron chi connectivity index (χ0n) is 9.37. The Kier molecular flexibility index (Phi) is 5.86. The maximum Gasteiger partial charge on any atom is 0.335 e. The van der Waals surface area contributed by atoms with Gasteiger partial charge < -0.3 is 10.4 Å². The van der Waals surface area contributed by atoms with Crippen LogP contribution in [-0.4, -0.2) is 18.1 Å². The van der Waals surface area contributed by atoms with Gasteiger partial charge in [0.15, 0.2) is 0 Å². The van der Waals surface area contributed by atoms with Crippen LogP contribution in [0.25, 0.3) is 6.08 Å². The minimum atomic E-state index is -0.925. The van der Waals surface area contributed by atoms with Gasteiger partial charge in [-0.15, -0.1) is 0 Å². The fourth-order valence-electron chi connectivity index (χ4n) is 1.09. The van der Waals surface area contributed by atoms with Gasteiger partial charge in [-0.1, -0.05) is 26.5 Å². The number of aromatic carboxylic acids is 1. The van der Waals surface area contributed by atoms with Crippen molar-refractivity contribution in [2.75, 3.05) is 12.4 Å². The first-order chi connectivity index (χ1) is 7.19. The van der Waals surface area contributed by atoms with Crippen molar-refractivity contribution in [2.45, 2.75) is 13.8 Å². The van der Waals surface area contributed by atoms with Gasteiger partial charge in [-0.3, -0.25) is 0 Å². The van der Waals surface area contributed by atoms with Gasteiger partial charge in [-0.25, -0.2) is 4.79 Å². The van der Waals surface area contributed by atoms with E-state index in [4.69, 9.17) is 5.11 Å². The molecule has 0 aromatic heterocycles. The predicted molar refractivity (Wildman–Crippen MR) is 64.4 cm³/mol. The minimum absolute atomic E-state index is 0.272. The number of carboxylic acids is 1. The van der Waals surface area contributed by atoms with Crippen LogP contribution in [0.2, 0.25) is 0 Å². The molecule has 0 spiro atoms. The van der Waals surface area contributed by atoms with Crippen LogP contribution in [0.15, 0.2) is 24.8 Å². The number of benzene rings is 1. The fourth-order valence-corrected chi connectivity index (χ4v) is 1.09. The van der Waals surface area contributed by atoms with E-state index in [0.717, 1.165) is 11.3 Å². The first kappa shape index (κ1) is 13.2. The van der Waals surface area contributed by atoms with E-state index in [0.29, 0.717) is 0 Å². The van der Waals surface area contributed by atoms with E-state index in [1.807, 2.05) is 13.8 Å². The predicted octanol–water partition coefficient (Wildman–Crippen LogP) is 3.10. The summed E-state index contributed by atoms with van der Waals surface area (Å²) in [5.41, 5.74) is 1.94. The summed E-state index contributed by atoms with van der Waals surface area (Å²) in [6.45, 7) is 7.61. The molecule has 0 amide bonds. The molecular formula is C12H17NO2. The number of nitrogens with one attached hydrogen (secondary N) is 1. The monoisotopic (exact) mass is 207 g/mol. The normalized spacial score (nSPS) is 8.47. The van der Waals surface area contributed by atoms with E-state index in [-0.39, 0.29) is 5.56 Å². The molecule has 0 aliphatic rings. The van der Waals surface area contributed by atoms with Crippen LogP contribution in [0.3, 0.4) is 0 Å². The SMILES string of the molecule is C=Cc1cc(C(=O)O)ccc1NC.CC. The summed E-state index contributed by atoms with van der Waals surface area (Å²) in [6, 6.07) is 4.86. The first-order valence-corrected chi connectivity index (χ1v) is 4.86. The van der Waals surface area contributed by atoms with Crippen LogP contribution >= 0.6 is 0 Å². The lowest BCUT2D eigenvalue weighted by Gasteiger charge is -2.05. The molecule has 0 bridgehead atoms. The van der Waals surface area contributed by atoms with Crippen LogP contribution in [-0.2, 0) is 0 Å². The average Bonchev–Trinajstić information content (AvgIpc) is 2.30. The number of hydrogen-bond acceptors (Lipinski definition) is 2. The molecule has 3 nitrogen and oxygen atoms in total. The topological polar surface area (TPSA) is 49.3 Å². The van der Waals surface area contributed by atoms with Crippen LogP contribution in [0.1, 0.15) is 29.8 Å². The summed E-state index contributed by atoms with van der Waals surface area (Å²) in [7, 11) is 1.78. The molecule has 1 aromatic carbocycles. The smallest absolute Gasteiger partial charge is 0.335 e. The van der Waals surface area contributed by atoms with Crippen LogP contribution in [0, 0.1) is 0 Å². The van der Waals surface area contributed by atoms with E-state index in [9.17, 15) is 4.79 Å². The van der Waals surface area contributed by atoms with Gasteiger partial charge in [0.2, 0.25) is 0 Å². The summed E-state index contributed by atoms with van der Waals surface area (Å²) < 4.78 is 0. The molecule has 82 valence electrons. The molecule has 0 saturated heterocycles. The van der Waals surface area contributed by atoms with Crippen molar-refractivity contribution in [1.29, 1.82) is 0 Å². The molecule has 0 aliphatic carbocycles. The highest BCUT2D eigenvalue weighted by Crippen LogP contribution is 2.17. The Bertz CT molecular complexity index is 345. The zero-order valence-corrected chi connectivity index (χ0v) is 9.37. The van der Waals surface area contributed by atoms with Gasteiger partial charge in [0, 0.05) is 12.7 Å². The Labute approximate surface area is 90.4 Å². The average molecular weight is 207 g/mol. The molecule has 0 radical (unpaired) electrons. The van der Waals surface area contributed by atoms with Crippen LogP contribution < -0.4 is 5.32 Å². The van der Waals surface area contributed by atoms with Gasteiger partial charge in [0.25, 0.3) is 0 Å². The Hall–Kier alpha value is -1.77. The highest BCUT2D eigenvalue weighted by molar-refractivity contribution is 5.89. The summed E-state index contributed by atoms with van der Waals surface area (Å²) in [6.07, 6.45) is 1.62. The second-order valence-corrected chi connectivity index (χ2v) is 2.56. The number of anilines is 1. The van der Waals surface area contributed by atoms with Gasteiger partial charge in [0.05, 0.1) is 5.56 Å². The standard InChI is InChI=1S/C10H11NO2.C2H6/c1-3-7-6-8(10(12)13)4-5-9(7)11-2;1-2/h3-6,11H,1H2,2H3,(H,12,13);1-2H3. The molecule has 2 N–H and O–H groups in total. The molecule has 0 atom stereocenters. The van der Waals surface area contributed by atoms with E-state index < -0.39 is 5.97 Å². The third-order valence-corrected chi connectivity index (χ3v) is 1.79. The Balaban J connectivity index is 0.000000921. The number of carbonyl (C=O) groups is 1. The van der Waals surface area contributed by atoms with E-state index in [1.165, 1.54) is 0 Å². The summed E-state index contributed by atoms with van der Waals surface area (Å²) in [5, 5.41) is 11.7. The summed E-state index contributed by atoms with van der Waals surface area (Å²) in [4.78, 5) is 10.6. The molecule has 15 heavy (non-hydrogen) atoms. The van der Waals surface area contributed by atoms with E-state index in [1.54, 1.807) is 31.3 Å². The zero-order chi connectivity index (χ0) is 11.8. The highest BCUT2D eigenvalue weighted by atomic mass is 16.4. The molecule has 0 unspecified atom stereocenters. The molecule has 1 aromatic rings. The van der Waals surface area contributed by atoms with E-state index in [2.05, 4.69) is 11.9 Å². The molecular weight excluding hydrogens is 190 g/mol. The van der Waals surface area contributed by atoms with Crippen molar-refractivity contribution in [2.24, 2.45) is 0 Å². The molecule has 1 rings (SSSR count). The third-order valence-electron chi connectivity index (χ3n) is 1.79. The Morgan fingerprint density at radius 3 is 2.47 bits per heavy atom. The van der Waals surface area contributed by atoms with Crippen molar-refractivity contribution >= 4 is 17.7 Å². The second kappa shape index (κ2) is 6.65. The number of rotatable bonds is 3. The van der Waals surface area contributed by atoms with Crippen molar-refractivity contribution < 1.29 is 9.90 Å². The quantitative estimate of drug-likeness (QED) is 0.800. The van der Waals surface area contributed by atoms with E-state index >= 15 is 0 Å². The Morgan fingerprint density at radius 2 is 2.07 bits per heavy atom. The molecule has 0 aliphatic heterocycles. The van der Waals surface area contributed by atoms with Crippen molar-refractivity contribution in [1.82, 2.24) is 0 Å².